The van der Waals surface area contributed by atoms with Crippen LogP contribution in [0.4, 0.5) is 9.59 Å². The first-order valence-corrected chi connectivity index (χ1v) is 8.96. The standard InChI is InChI=1S/C21H25NO6/c1-14(2)25-16-10-6-8-12-18(16)27-20(23)22(5)21(24)28-19-13-9-7-11-17(19)26-15(3)4/h6-15H,1-5H3. The molecule has 0 unspecified atom stereocenters. The summed E-state index contributed by atoms with van der Waals surface area (Å²) in [6, 6.07) is 13.5. The van der Waals surface area contributed by atoms with Crippen molar-refractivity contribution in [3.05, 3.63) is 48.5 Å². The fourth-order valence-corrected chi connectivity index (χ4v) is 2.17. The summed E-state index contributed by atoms with van der Waals surface area (Å²) < 4.78 is 21.8. The lowest BCUT2D eigenvalue weighted by atomic mass is 10.3. The van der Waals surface area contributed by atoms with Gasteiger partial charge in [0.2, 0.25) is 0 Å². The van der Waals surface area contributed by atoms with E-state index in [0.717, 1.165) is 4.90 Å². The van der Waals surface area contributed by atoms with Crippen molar-refractivity contribution in [2.45, 2.75) is 39.9 Å². The number of para-hydroxylation sites is 4. The smallest absolute Gasteiger partial charge is 0.424 e. The fraction of sp³-hybridized carbons (Fsp3) is 0.333. The summed E-state index contributed by atoms with van der Waals surface area (Å²) in [7, 11) is 1.27. The van der Waals surface area contributed by atoms with Crippen LogP contribution in [0.5, 0.6) is 23.0 Å². The van der Waals surface area contributed by atoms with Crippen LogP contribution in [0.15, 0.2) is 48.5 Å². The molecule has 0 aliphatic rings. The van der Waals surface area contributed by atoms with Crippen molar-refractivity contribution in [2.24, 2.45) is 0 Å². The Morgan fingerprint density at radius 1 is 0.679 bits per heavy atom. The number of hydrogen-bond acceptors (Lipinski definition) is 6. The zero-order valence-corrected chi connectivity index (χ0v) is 16.7. The van der Waals surface area contributed by atoms with Crippen LogP contribution < -0.4 is 18.9 Å². The number of benzene rings is 2. The molecule has 0 heterocycles. The Labute approximate surface area is 164 Å². The molecule has 0 spiro atoms. The number of nitrogens with zero attached hydrogens (tertiary/aromatic N) is 1. The van der Waals surface area contributed by atoms with Crippen LogP contribution in [-0.2, 0) is 0 Å². The highest BCUT2D eigenvalue weighted by molar-refractivity contribution is 5.89. The minimum absolute atomic E-state index is 0.0972. The summed E-state index contributed by atoms with van der Waals surface area (Å²) >= 11 is 0. The van der Waals surface area contributed by atoms with E-state index in [1.165, 1.54) is 7.05 Å². The van der Waals surface area contributed by atoms with E-state index in [2.05, 4.69) is 0 Å². The Morgan fingerprint density at radius 2 is 1.00 bits per heavy atom. The van der Waals surface area contributed by atoms with Crippen molar-refractivity contribution >= 4 is 12.2 Å². The van der Waals surface area contributed by atoms with Crippen molar-refractivity contribution in [1.82, 2.24) is 4.90 Å². The van der Waals surface area contributed by atoms with E-state index in [-0.39, 0.29) is 23.7 Å². The van der Waals surface area contributed by atoms with Gasteiger partial charge in [0, 0.05) is 7.05 Å². The first kappa shape index (κ1) is 21.1. The Hall–Kier alpha value is -3.22. The van der Waals surface area contributed by atoms with Gasteiger partial charge in [-0.1, -0.05) is 24.3 Å². The van der Waals surface area contributed by atoms with E-state index in [0.29, 0.717) is 11.5 Å². The minimum Gasteiger partial charge on any atom is -0.487 e. The van der Waals surface area contributed by atoms with Gasteiger partial charge in [0.15, 0.2) is 23.0 Å². The second-order valence-corrected chi connectivity index (χ2v) is 6.52. The molecule has 0 bridgehead atoms. The fourth-order valence-electron chi connectivity index (χ4n) is 2.17. The molecule has 0 N–H and O–H groups in total. The highest BCUT2D eigenvalue weighted by Gasteiger charge is 2.23. The van der Waals surface area contributed by atoms with Gasteiger partial charge < -0.3 is 18.9 Å². The molecule has 7 nitrogen and oxygen atoms in total. The highest BCUT2D eigenvalue weighted by atomic mass is 16.6. The normalized spacial score (nSPS) is 10.5. The van der Waals surface area contributed by atoms with Crippen LogP contribution in [-0.4, -0.2) is 36.3 Å². The van der Waals surface area contributed by atoms with Crippen LogP contribution in [0.3, 0.4) is 0 Å². The first-order chi connectivity index (χ1) is 13.3. The van der Waals surface area contributed by atoms with Crippen molar-refractivity contribution in [2.75, 3.05) is 7.05 Å². The second kappa shape index (κ2) is 9.64. The van der Waals surface area contributed by atoms with Crippen molar-refractivity contribution in [1.29, 1.82) is 0 Å². The average Bonchev–Trinajstić information content (AvgIpc) is 2.63. The average molecular weight is 387 g/mol. The molecule has 0 fully saturated rings. The zero-order chi connectivity index (χ0) is 20.7. The lowest BCUT2D eigenvalue weighted by Gasteiger charge is -2.18. The maximum atomic E-state index is 12.4. The van der Waals surface area contributed by atoms with Crippen LogP contribution in [0.25, 0.3) is 0 Å². The van der Waals surface area contributed by atoms with Gasteiger partial charge in [-0.2, -0.15) is 0 Å². The van der Waals surface area contributed by atoms with Gasteiger partial charge in [0.05, 0.1) is 12.2 Å². The lowest BCUT2D eigenvalue weighted by molar-refractivity contribution is 0.136. The SMILES string of the molecule is CC(C)Oc1ccccc1OC(=O)N(C)C(=O)Oc1ccccc1OC(C)C. The molecule has 150 valence electrons. The predicted octanol–water partition coefficient (Wildman–Crippen LogP) is 4.89. The Bertz CT molecular complexity index is 751. The van der Waals surface area contributed by atoms with E-state index in [4.69, 9.17) is 18.9 Å². The molecular weight excluding hydrogens is 362 g/mol. The van der Waals surface area contributed by atoms with E-state index < -0.39 is 12.2 Å². The zero-order valence-electron chi connectivity index (χ0n) is 16.7. The number of rotatable bonds is 6. The number of amides is 2. The van der Waals surface area contributed by atoms with E-state index in [9.17, 15) is 9.59 Å². The molecular formula is C21H25NO6. The molecule has 2 aromatic carbocycles. The summed E-state index contributed by atoms with van der Waals surface area (Å²) in [6.45, 7) is 7.44. The molecule has 0 radical (unpaired) electrons. The van der Waals surface area contributed by atoms with Crippen molar-refractivity contribution in [3.63, 3.8) is 0 Å². The molecule has 2 amide bonds. The molecule has 0 atom stereocenters. The molecule has 2 aromatic rings. The topological polar surface area (TPSA) is 74.3 Å². The Kier molecular flexibility index (Phi) is 7.26. The van der Waals surface area contributed by atoms with Crippen LogP contribution in [0, 0.1) is 0 Å². The van der Waals surface area contributed by atoms with Gasteiger partial charge in [-0.05, 0) is 52.0 Å². The molecule has 2 rings (SSSR count). The van der Waals surface area contributed by atoms with Gasteiger partial charge >= 0.3 is 12.2 Å². The lowest BCUT2D eigenvalue weighted by Crippen LogP contribution is -2.37. The van der Waals surface area contributed by atoms with E-state index in [1.54, 1.807) is 48.5 Å². The first-order valence-electron chi connectivity index (χ1n) is 8.96. The Morgan fingerprint density at radius 3 is 1.32 bits per heavy atom. The molecule has 28 heavy (non-hydrogen) atoms. The summed E-state index contributed by atoms with van der Waals surface area (Å²) in [6.07, 6.45) is -1.99. The number of carbonyl (C=O) groups excluding carboxylic acids is 2. The third kappa shape index (κ3) is 5.90. The minimum atomic E-state index is -0.896. The summed E-state index contributed by atoms with van der Waals surface area (Å²) in [5.41, 5.74) is 0. The third-order valence-corrected chi connectivity index (χ3v) is 3.37. The molecule has 0 saturated heterocycles. The largest absolute Gasteiger partial charge is 0.487 e. The van der Waals surface area contributed by atoms with Crippen LogP contribution in [0.1, 0.15) is 27.7 Å². The van der Waals surface area contributed by atoms with Gasteiger partial charge in [-0.15, -0.1) is 0 Å². The van der Waals surface area contributed by atoms with Gasteiger partial charge in [0.1, 0.15) is 0 Å². The van der Waals surface area contributed by atoms with Gasteiger partial charge in [0.25, 0.3) is 0 Å². The Balaban J connectivity index is 2.07. The van der Waals surface area contributed by atoms with Crippen LogP contribution >= 0.6 is 0 Å². The van der Waals surface area contributed by atoms with Crippen LogP contribution in [0.2, 0.25) is 0 Å². The number of carbonyl (C=O) groups is 2. The molecule has 0 aliphatic heterocycles. The highest BCUT2D eigenvalue weighted by Crippen LogP contribution is 2.29. The number of hydrogen-bond donors (Lipinski definition) is 0. The maximum absolute atomic E-state index is 12.4. The van der Waals surface area contributed by atoms with Crippen molar-refractivity contribution < 1.29 is 28.5 Å². The summed E-state index contributed by atoms with van der Waals surface area (Å²) in [5.74, 6) is 1.24. The predicted molar refractivity (Wildman–Crippen MR) is 104 cm³/mol. The molecule has 0 aromatic heterocycles. The van der Waals surface area contributed by atoms with E-state index >= 15 is 0 Å². The third-order valence-electron chi connectivity index (χ3n) is 3.37. The summed E-state index contributed by atoms with van der Waals surface area (Å²) in [4.78, 5) is 25.5. The van der Waals surface area contributed by atoms with Gasteiger partial charge in [-0.3, -0.25) is 0 Å². The van der Waals surface area contributed by atoms with Gasteiger partial charge in [-0.25, -0.2) is 14.5 Å². The monoisotopic (exact) mass is 387 g/mol. The van der Waals surface area contributed by atoms with E-state index in [1.807, 2.05) is 27.7 Å². The second-order valence-electron chi connectivity index (χ2n) is 6.52. The molecule has 7 heteroatoms. The maximum Gasteiger partial charge on any atom is 0.424 e. The number of imide groups is 1. The molecule has 0 aliphatic carbocycles. The number of ether oxygens (including phenoxy) is 4. The summed E-state index contributed by atoms with van der Waals surface area (Å²) in [5, 5.41) is 0. The quantitative estimate of drug-likeness (QED) is 0.702. The molecule has 0 saturated carbocycles. The van der Waals surface area contributed by atoms with Crippen molar-refractivity contribution in [3.8, 4) is 23.0 Å².